The van der Waals surface area contributed by atoms with Crippen LogP contribution in [0.1, 0.15) is 86.0 Å². The van der Waals surface area contributed by atoms with Crippen molar-refractivity contribution in [3.05, 3.63) is 11.6 Å². The molecule has 11 unspecified atom stereocenters. The van der Waals surface area contributed by atoms with Crippen LogP contribution >= 0.6 is 0 Å². The Morgan fingerprint density at radius 1 is 1.17 bits per heavy atom. The van der Waals surface area contributed by atoms with E-state index in [-0.39, 0.29) is 11.5 Å². The van der Waals surface area contributed by atoms with Crippen LogP contribution in [-0.2, 0) is 4.74 Å². The fourth-order valence-electron chi connectivity index (χ4n) is 9.22. The van der Waals surface area contributed by atoms with E-state index in [0.29, 0.717) is 53.6 Å². The van der Waals surface area contributed by atoms with Gasteiger partial charge in [0.15, 0.2) is 0 Å². The second kappa shape index (κ2) is 7.32. The van der Waals surface area contributed by atoms with Crippen molar-refractivity contribution >= 4 is 0 Å². The summed E-state index contributed by atoms with van der Waals surface area (Å²) in [4.78, 5) is 0. The molecule has 11 atom stereocenters. The van der Waals surface area contributed by atoms with E-state index < -0.39 is 6.10 Å². The number of hydrogen-bond donors (Lipinski definition) is 2. The largest absolute Gasteiger partial charge is 0.393 e. The summed E-state index contributed by atoms with van der Waals surface area (Å²) in [6.07, 6.45) is 11.2. The molecule has 0 aromatic carbocycles. The molecule has 4 aliphatic carbocycles. The van der Waals surface area contributed by atoms with Crippen LogP contribution in [0.4, 0.5) is 0 Å². The van der Waals surface area contributed by atoms with Crippen LogP contribution in [0.25, 0.3) is 0 Å². The molecule has 2 N–H and O–H groups in total. The van der Waals surface area contributed by atoms with Crippen molar-refractivity contribution in [3.8, 4) is 0 Å². The molecule has 5 aliphatic rings. The molecular weight excluding hydrogens is 372 g/mol. The molecule has 1 heterocycles. The number of aliphatic hydroxyl groups is 2. The van der Waals surface area contributed by atoms with Crippen molar-refractivity contribution in [2.45, 2.75) is 110 Å². The number of ether oxygens (including phenoxy) is 1. The molecule has 0 spiro atoms. The minimum absolute atomic E-state index is 0.131. The van der Waals surface area contributed by atoms with Crippen molar-refractivity contribution < 1.29 is 14.9 Å². The zero-order valence-electron chi connectivity index (χ0n) is 19.8. The highest BCUT2D eigenvalue weighted by molar-refractivity contribution is 5.28. The Kier molecular flexibility index (Phi) is 5.24. The molecule has 5 rings (SSSR count). The van der Waals surface area contributed by atoms with E-state index in [4.69, 9.17) is 4.74 Å². The zero-order chi connectivity index (χ0) is 21.4. The maximum Gasteiger partial charge on any atom is 0.0658 e. The average Bonchev–Trinajstić information content (AvgIpc) is 3.15. The van der Waals surface area contributed by atoms with Crippen LogP contribution in [0, 0.1) is 46.3 Å². The summed E-state index contributed by atoms with van der Waals surface area (Å²) in [6.45, 7) is 12.0. The van der Waals surface area contributed by atoms with Crippen LogP contribution in [-0.4, -0.2) is 34.6 Å². The first-order chi connectivity index (χ1) is 14.2. The van der Waals surface area contributed by atoms with Crippen molar-refractivity contribution in [3.63, 3.8) is 0 Å². The number of fused-ring (bicyclic) bond motifs is 7. The molecule has 3 saturated carbocycles. The number of hydrogen-bond acceptors (Lipinski definition) is 3. The Hall–Kier alpha value is -0.380. The van der Waals surface area contributed by atoms with Crippen LogP contribution in [0.15, 0.2) is 11.6 Å². The second-order valence-electron chi connectivity index (χ2n) is 12.6. The van der Waals surface area contributed by atoms with Gasteiger partial charge in [-0.15, -0.1) is 0 Å². The monoisotopic (exact) mass is 416 g/mol. The van der Waals surface area contributed by atoms with E-state index in [1.54, 1.807) is 0 Å². The van der Waals surface area contributed by atoms with E-state index in [2.05, 4.69) is 40.7 Å². The number of rotatable bonds is 3. The fourth-order valence-corrected chi connectivity index (χ4v) is 9.22. The van der Waals surface area contributed by atoms with Crippen molar-refractivity contribution in [1.29, 1.82) is 0 Å². The van der Waals surface area contributed by atoms with Gasteiger partial charge in [0.1, 0.15) is 0 Å². The van der Waals surface area contributed by atoms with Gasteiger partial charge in [0.25, 0.3) is 0 Å². The lowest BCUT2D eigenvalue weighted by atomic mass is 9.46. The van der Waals surface area contributed by atoms with Crippen molar-refractivity contribution in [2.75, 3.05) is 0 Å². The summed E-state index contributed by atoms with van der Waals surface area (Å²) < 4.78 is 6.75. The van der Waals surface area contributed by atoms with Gasteiger partial charge in [-0.3, -0.25) is 0 Å². The maximum atomic E-state index is 11.1. The summed E-state index contributed by atoms with van der Waals surface area (Å²) in [5.41, 5.74) is 1.60. The highest BCUT2D eigenvalue weighted by Crippen LogP contribution is 2.69. The zero-order valence-corrected chi connectivity index (χ0v) is 19.8. The first-order valence-corrected chi connectivity index (χ1v) is 12.9. The molecular formula is C27H44O3. The Bertz CT molecular complexity index is 700. The van der Waals surface area contributed by atoms with E-state index in [0.717, 1.165) is 18.8 Å². The van der Waals surface area contributed by atoms with Crippen molar-refractivity contribution in [2.24, 2.45) is 46.3 Å². The van der Waals surface area contributed by atoms with Gasteiger partial charge in [-0.05, 0) is 85.9 Å². The molecule has 30 heavy (non-hydrogen) atoms. The molecule has 0 radical (unpaired) electrons. The molecule has 0 aromatic rings. The van der Waals surface area contributed by atoms with Crippen molar-refractivity contribution in [1.82, 2.24) is 0 Å². The Morgan fingerprint density at radius 3 is 2.67 bits per heavy atom. The number of allylic oxidation sites excluding steroid dienone is 1. The van der Waals surface area contributed by atoms with Gasteiger partial charge < -0.3 is 14.9 Å². The van der Waals surface area contributed by atoms with Crippen LogP contribution < -0.4 is 0 Å². The topological polar surface area (TPSA) is 49.7 Å². The predicted octanol–water partition coefficient (Wildman–Crippen LogP) is 5.35. The second-order valence-corrected chi connectivity index (χ2v) is 12.6. The quantitative estimate of drug-likeness (QED) is 0.610. The molecule has 1 saturated heterocycles. The van der Waals surface area contributed by atoms with Gasteiger partial charge in [0.05, 0.1) is 24.4 Å². The van der Waals surface area contributed by atoms with Gasteiger partial charge in [-0.2, -0.15) is 0 Å². The molecule has 0 aromatic heterocycles. The summed E-state index contributed by atoms with van der Waals surface area (Å²) in [7, 11) is 0. The minimum Gasteiger partial charge on any atom is -0.393 e. The fraction of sp³-hybridized carbons (Fsp3) is 0.926. The summed E-state index contributed by atoms with van der Waals surface area (Å²) >= 11 is 0. The third-order valence-electron chi connectivity index (χ3n) is 10.8. The molecule has 1 aliphatic heterocycles. The summed E-state index contributed by atoms with van der Waals surface area (Å²) in [5.74, 6) is 4.07. The lowest BCUT2D eigenvalue weighted by Crippen LogP contribution is -2.55. The molecule has 4 fully saturated rings. The van der Waals surface area contributed by atoms with E-state index in [1.165, 1.54) is 37.7 Å². The van der Waals surface area contributed by atoms with Crippen LogP contribution in [0.2, 0.25) is 0 Å². The molecule has 3 nitrogen and oxygen atoms in total. The normalized spacial score (nSPS) is 54.9. The Balaban J connectivity index is 1.39. The lowest BCUT2D eigenvalue weighted by Gasteiger charge is -2.59. The summed E-state index contributed by atoms with van der Waals surface area (Å²) in [5, 5.41) is 21.3. The standard InChI is InChI=1S/C27H44O3/c1-15(2)6-9-22-16(3)25-23(30-22)14-21-19-8-7-17-12-18(28)13-24(29)27(17,5)20(19)10-11-26(21,25)4/h7,15-16,18-25,28-29H,6,8-14H2,1-5H3. The van der Waals surface area contributed by atoms with Gasteiger partial charge in [0, 0.05) is 11.8 Å². The third kappa shape index (κ3) is 2.94. The van der Waals surface area contributed by atoms with E-state index in [1.807, 2.05) is 0 Å². The van der Waals surface area contributed by atoms with Gasteiger partial charge >= 0.3 is 0 Å². The average molecular weight is 417 g/mol. The van der Waals surface area contributed by atoms with E-state index >= 15 is 0 Å². The predicted molar refractivity (Wildman–Crippen MR) is 120 cm³/mol. The highest BCUT2D eigenvalue weighted by atomic mass is 16.5. The lowest BCUT2D eigenvalue weighted by molar-refractivity contribution is -0.108. The Labute approximate surface area is 183 Å². The first kappa shape index (κ1) is 21.5. The molecule has 0 bridgehead atoms. The molecule has 0 amide bonds. The third-order valence-corrected chi connectivity index (χ3v) is 10.8. The first-order valence-electron chi connectivity index (χ1n) is 12.9. The Morgan fingerprint density at radius 2 is 1.93 bits per heavy atom. The smallest absolute Gasteiger partial charge is 0.0658 e. The van der Waals surface area contributed by atoms with Crippen LogP contribution in [0.3, 0.4) is 0 Å². The number of aliphatic hydroxyl groups excluding tert-OH is 2. The van der Waals surface area contributed by atoms with Gasteiger partial charge in [0.2, 0.25) is 0 Å². The minimum atomic E-state index is -0.402. The summed E-state index contributed by atoms with van der Waals surface area (Å²) in [6, 6.07) is 0. The van der Waals surface area contributed by atoms with Gasteiger partial charge in [-0.1, -0.05) is 46.3 Å². The van der Waals surface area contributed by atoms with Crippen LogP contribution in [0.5, 0.6) is 0 Å². The molecule has 3 heteroatoms. The SMILES string of the molecule is CC(C)CCC1OC2CC3C4CC=C5CC(O)CC(O)C5(C)C4CCC3(C)C2C1C. The van der Waals surface area contributed by atoms with Gasteiger partial charge in [-0.25, -0.2) is 0 Å². The van der Waals surface area contributed by atoms with E-state index in [9.17, 15) is 10.2 Å². The highest BCUT2D eigenvalue weighted by Gasteiger charge is 2.65. The maximum absolute atomic E-state index is 11.1. The molecule has 170 valence electrons.